The Morgan fingerprint density at radius 3 is 2.95 bits per heavy atom. The van der Waals surface area contributed by atoms with Crippen molar-refractivity contribution in [2.45, 2.75) is 24.6 Å². The van der Waals surface area contributed by atoms with Crippen LogP contribution in [0.25, 0.3) is 0 Å². The predicted molar refractivity (Wildman–Crippen MR) is 68.5 cm³/mol. The minimum Gasteiger partial charge on any atom is -0.392 e. The summed E-state index contributed by atoms with van der Waals surface area (Å²) < 4.78 is 5.35. The second kappa shape index (κ2) is 5.16. The largest absolute Gasteiger partial charge is 0.392 e. The molecule has 106 valence electrons. The molecule has 0 spiro atoms. The average Bonchev–Trinajstić information content (AvgIpc) is 3.00. The zero-order valence-electron chi connectivity index (χ0n) is 11.4. The summed E-state index contributed by atoms with van der Waals surface area (Å²) in [7, 11) is 4.20. The Morgan fingerprint density at radius 2 is 2.21 bits per heavy atom. The number of nitrogens with zero attached hydrogens (tertiary/aromatic N) is 4. The Labute approximate surface area is 112 Å². The van der Waals surface area contributed by atoms with Crippen molar-refractivity contribution < 1.29 is 9.63 Å². The number of aliphatic hydroxyl groups is 1. The first-order valence-electron chi connectivity index (χ1n) is 6.77. The van der Waals surface area contributed by atoms with E-state index in [9.17, 15) is 5.11 Å². The van der Waals surface area contributed by atoms with E-state index in [4.69, 9.17) is 4.52 Å². The number of likely N-dealkylation sites (N-methyl/N-ethyl adjacent to an activating group) is 2. The summed E-state index contributed by atoms with van der Waals surface area (Å²) in [5.74, 6) is 1.33. The summed E-state index contributed by atoms with van der Waals surface area (Å²) in [6, 6.07) is 0.172. The molecule has 2 N–H and O–H groups in total. The van der Waals surface area contributed by atoms with E-state index in [-0.39, 0.29) is 18.2 Å². The van der Waals surface area contributed by atoms with Crippen LogP contribution in [0.4, 0.5) is 0 Å². The van der Waals surface area contributed by atoms with Crippen LogP contribution in [0.5, 0.6) is 0 Å². The van der Waals surface area contributed by atoms with Gasteiger partial charge in [0.2, 0.25) is 5.89 Å². The maximum absolute atomic E-state index is 9.53. The van der Waals surface area contributed by atoms with Crippen LogP contribution < -0.4 is 5.32 Å². The van der Waals surface area contributed by atoms with Crippen molar-refractivity contribution in [3.63, 3.8) is 0 Å². The highest BCUT2D eigenvalue weighted by Crippen LogP contribution is 2.25. The molecule has 2 aliphatic rings. The molecule has 0 aromatic carbocycles. The lowest BCUT2D eigenvalue weighted by molar-refractivity contribution is 0.108. The minimum atomic E-state index is -0.316. The topological polar surface area (TPSA) is 77.7 Å². The van der Waals surface area contributed by atoms with Crippen molar-refractivity contribution >= 4 is 0 Å². The first-order valence-corrected chi connectivity index (χ1v) is 6.77. The van der Waals surface area contributed by atoms with Crippen molar-refractivity contribution in [3.05, 3.63) is 11.7 Å². The number of hydrogen-bond acceptors (Lipinski definition) is 7. The van der Waals surface area contributed by atoms with Crippen LogP contribution in [-0.2, 0) is 0 Å². The number of rotatable bonds is 2. The SMILES string of the molecule is CN1CCN(C)C(c2noc([C@@H]3C[C@H](O)CN3)n2)C1. The standard InChI is InChI=1S/C12H21N5O2/c1-16-3-4-17(2)10(7-16)11-14-12(19-15-11)9-5-8(18)6-13-9/h8-10,13,18H,3-7H2,1-2H3/t8-,9-,10?/m0/s1. The van der Waals surface area contributed by atoms with Gasteiger partial charge in [0, 0.05) is 26.2 Å². The average molecular weight is 267 g/mol. The van der Waals surface area contributed by atoms with E-state index in [2.05, 4.69) is 39.4 Å². The van der Waals surface area contributed by atoms with E-state index in [0.717, 1.165) is 25.5 Å². The summed E-state index contributed by atoms with van der Waals surface area (Å²) in [5, 5.41) is 16.8. The normalized spacial score (nSPS) is 33.9. The summed E-state index contributed by atoms with van der Waals surface area (Å²) >= 11 is 0. The molecule has 0 aliphatic carbocycles. The molecular weight excluding hydrogens is 246 g/mol. The number of aliphatic hydroxyl groups excluding tert-OH is 1. The number of nitrogens with one attached hydrogen (secondary N) is 1. The monoisotopic (exact) mass is 267 g/mol. The van der Waals surface area contributed by atoms with Gasteiger partial charge in [0.1, 0.15) is 0 Å². The van der Waals surface area contributed by atoms with Crippen LogP contribution >= 0.6 is 0 Å². The Hall–Kier alpha value is -1.02. The fourth-order valence-electron chi connectivity index (χ4n) is 2.72. The van der Waals surface area contributed by atoms with E-state index >= 15 is 0 Å². The first-order chi connectivity index (χ1) is 9.13. The molecule has 7 nitrogen and oxygen atoms in total. The van der Waals surface area contributed by atoms with E-state index in [1.807, 2.05) is 0 Å². The summed E-state index contributed by atoms with van der Waals surface area (Å²) in [6.45, 7) is 3.57. The number of aromatic nitrogens is 2. The van der Waals surface area contributed by atoms with E-state index < -0.39 is 0 Å². The molecule has 3 heterocycles. The molecular formula is C12H21N5O2. The lowest BCUT2D eigenvalue weighted by atomic mass is 10.1. The highest BCUT2D eigenvalue weighted by molar-refractivity contribution is 5.02. The molecule has 3 rings (SSSR count). The zero-order valence-corrected chi connectivity index (χ0v) is 11.4. The summed E-state index contributed by atoms with van der Waals surface area (Å²) in [4.78, 5) is 9.05. The minimum absolute atomic E-state index is 0.0112. The van der Waals surface area contributed by atoms with Crippen LogP contribution in [0.15, 0.2) is 4.52 Å². The van der Waals surface area contributed by atoms with Crippen LogP contribution in [0.3, 0.4) is 0 Å². The van der Waals surface area contributed by atoms with Crippen LogP contribution in [-0.4, -0.2) is 71.4 Å². The molecule has 0 bridgehead atoms. The number of hydrogen-bond donors (Lipinski definition) is 2. The van der Waals surface area contributed by atoms with E-state index in [1.165, 1.54) is 0 Å². The van der Waals surface area contributed by atoms with Gasteiger partial charge in [-0.1, -0.05) is 5.16 Å². The molecule has 7 heteroatoms. The maximum Gasteiger partial charge on any atom is 0.243 e. The summed E-state index contributed by atoms with van der Waals surface area (Å²) in [5.41, 5.74) is 0. The second-order valence-corrected chi connectivity index (χ2v) is 5.60. The Morgan fingerprint density at radius 1 is 1.37 bits per heavy atom. The molecule has 1 unspecified atom stereocenters. The van der Waals surface area contributed by atoms with Crippen molar-refractivity contribution in [1.29, 1.82) is 0 Å². The fraction of sp³-hybridized carbons (Fsp3) is 0.833. The smallest absolute Gasteiger partial charge is 0.243 e. The van der Waals surface area contributed by atoms with Gasteiger partial charge >= 0.3 is 0 Å². The third-order valence-corrected chi connectivity index (χ3v) is 4.01. The number of piperazine rings is 1. The Kier molecular flexibility index (Phi) is 3.53. The van der Waals surface area contributed by atoms with Crippen molar-refractivity contribution in [3.8, 4) is 0 Å². The van der Waals surface area contributed by atoms with Crippen LogP contribution in [0.1, 0.15) is 30.2 Å². The maximum atomic E-state index is 9.53. The lowest BCUT2D eigenvalue weighted by Gasteiger charge is -2.35. The van der Waals surface area contributed by atoms with Crippen LogP contribution in [0, 0.1) is 0 Å². The van der Waals surface area contributed by atoms with Crippen LogP contribution in [0.2, 0.25) is 0 Å². The molecule has 3 atom stereocenters. The highest BCUT2D eigenvalue weighted by atomic mass is 16.5. The van der Waals surface area contributed by atoms with Crippen molar-refractivity contribution in [2.75, 3.05) is 40.3 Å². The molecule has 2 saturated heterocycles. The molecule has 0 radical (unpaired) electrons. The molecule has 0 amide bonds. The Bertz CT molecular complexity index is 438. The van der Waals surface area contributed by atoms with Gasteiger partial charge < -0.3 is 19.8 Å². The van der Waals surface area contributed by atoms with Gasteiger partial charge in [-0.3, -0.25) is 4.90 Å². The quantitative estimate of drug-likeness (QED) is 0.739. The third-order valence-electron chi connectivity index (χ3n) is 4.01. The van der Waals surface area contributed by atoms with E-state index in [1.54, 1.807) is 0 Å². The van der Waals surface area contributed by atoms with Gasteiger partial charge in [0.05, 0.1) is 18.2 Å². The van der Waals surface area contributed by atoms with Gasteiger partial charge in [-0.05, 0) is 20.5 Å². The van der Waals surface area contributed by atoms with Gasteiger partial charge in [-0.25, -0.2) is 0 Å². The summed E-state index contributed by atoms with van der Waals surface area (Å²) in [6.07, 6.45) is 0.325. The molecule has 1 aromatic rings. The zero-order chi connectivity index (χ0) is 13.4. The highest BCUT2D eigenvalue weighted by Gasteiger charge is 2.31. The second-order valence-electron chi connectivity index (χ2n) is 5.60. The lowest BCUT2D eigenvalue weighted by Crippen LogP contribution is -2.45. The van der Waals surface area contributed by atoms with Gasteiger partial charge in [0.25, 0.3) is 0 Å². The predicted octanol–water partition coefficient (Wildman–Crippen LogP) is -0.617. The molecule has 2 aliphatic heterocycles. The van der Waals surface area contributed by atoms with Crippen molar-refractivity contribution in [1.82, 2.24) is 25.3 Å². The van der Waals surface area contributed by atoms with Gasteiger partial charge in [-0.2, -0.15) is 4.98 Å². The van der Waals surface area contributed by atoms with E-state index in [0.29, 0.717) is 18.9 Å². The third kappa shape index (κ3) is 2.64. The first kappa shape index (κ1) is 13.0. The Balaban J connectivity index is 1.73. The molecule has 2 fully saturated rings. The molecule has 19 heavy (non-hydrogen) atoms. The van der Waals surface area contributed by atoms with Crippen molar-refractivity contribution in [2.24, 2.45) is 0 Å². The fourth-order valence-corrected chi connectivity index (χ4v) is 2.72. The molecule has 0 saturated carbocycles. The number of β-amino-alcohol motifs (C(OH)–C–C–N with tert-alkyl or cyclic N) is 1. The molecule has 1 aromatic heterocycles. The van der Waals surface area contributed by atoms with Gasteiger partial charge in [0.15, 0.2) is 5.82 Å². The van der Waals surface area contributed by atoms with Gasteiger partial charge in [-0.15, -0.1) is 0 Å².